The molecule has 3 rings (SSSR count). The first-order valence-electron chi connectivity index (χ1n) is 7.07. The van der Waals surface area contributed by atoms with Crippen molar-refractivity contribution in [2.45, 2.75) is 18.8 Å². The van der Waals surface area contributed by atoms with Crippen LogP contribution in [0.25, 0.3) is 0 Å². The summed E-state index contributed by atoms with van der Waals surface area (Å²) in [6.07, 6.45) is 0.862. The summed E-state index contributed by atoms with van der Waals surface area (Å²) >= 11 is 0. The van der Waals surface area contributed by atoms with Crippen LogP contribution in [0.1, 0.15) is 24.3 Å². The fourth-order valence-electron chi connectivity index (χ4n) is 2.84. The van der Waals surface area contributed by atoms with E-state index in [0.29, 0.717) is 30.8 Å². The first-order valence-corrected chi connectivity index (χ1v) is 7.07. The van der Waals surface area contributed by atoms with Crippen LogP contribution in [0.5, 0.6) is 5.75 Å². The quantitative estimate of drug-likeness (QED) is 0.891. The second kappa shape index (κ2) is 5.60. The molecule has 1 aliphatic heterocycles. The number of Topliss-reactive ketones (excluding diaryl/α,β-unsaturated/α-hetero) is 1. The number of carbonyl (C=O) groups excluding carboxylic acids is 1. The zero-order chi connectivity index (χ0) is 14.8. The molecule has 1 aliphatic carbocycles. The van der Waals surface area contributed by atoms with Crippen molar-refractivity contribution < 1.29 is 14.6 Å². The number of hydrogen-bond acceptors (Lipinski definition) is 5. The lowest BCUT2D eigenvalue weighted by atomic mass is 9.82. The molecule has 0 saturated heterocycles. The second-order valence-corrected chi connectivity index (χ2v) is 5.28. The summed E-state index contributed by atoms with van der Waals surface area (Å²) in [7, 11) is 1.62. The number of methoxy groups -OCH3 is 1. The highest BCUT2D eigenvalue weighted by molar-refractivity contribution is 6.22. The number of aliphatic hydroxyl groups excluding tert-OH is 1. The van der Waals surface area contributed by atoms with Crippen LogP contribution < -0.4 is 10.1 Å². The molecular weight excluding hydrogens is 268 g/mol. The minimum Gasteiger partial charge on any atom is -0.511 e. The molecule has 0 saturated carbocycles. The van der Waals surface area contributed by atoms with Crippen LogP contribution in [0.3, 0.4) is 0 Å². The van der Waals surface area contributed by atoms with Crippen molar-refractivity contribution in [2.75, 3.05) is 20.2 Å². The molecule has 1 aromatic rings. The number of aliphatic hydroxyl groups is 1. The number of ether oxygens (including phenoxy) is 1. The predicted molar refractivity (Wildman–Crippen MR) is 79.9 cm³/mol. The van der Waals surface area contributed by atoms with Crippen LogP contribution in [0.15, 0.2) is 40.6 Å². The van der Waals surface area contributed by atoms with Crippen LogP contribution >= 0.6 is 0 Å². The average Bonchev–Trinajstić information content (AvgIpc) is 3.00. The summed E-state index contributed by atoms with van der Waals surface area (Å²) in [6, 6.07) is 7.64. The molecule has 1 unspecified atom stereocenters. The summed E-state index contributed by atoms with van der Waals surface area (Å²) in [6.45, 7) is 1.38. The monoisotopic (exact) mass is 286 g/mol. The van der Waals surface area contributed by atoms with Crippen LogP contribution in [-0.2, 0) is 4.79 Å². The molecular formula is C16H18N2O3. The molecule has 2 aliphatic rings. The van der Waals surface area contributed by atoms with Crippen molar-refractivity contribution in [3.63, 3.8) is 0 Å². The third-order valence-corrected chi connectivity index (χ3v) is 3.94. The Morgan fingerprint density at radius 2 is 2.05 bits per heavy atom. The molecule has 1 atom stereocenters. The maximum Gasteiger partial charge on any atom is 0.170 e. The topological polar surface area (TPSA) is 70.9 Å². The van der Waals surface area contributed by atoms with E-state index < -0.39 is 0 Å². The number of ketones is 1. The number of benzene rings is 1. The van der Waals surface area contributed by atoms with Crippen LogP contribution in [0.2, 0.25) is 0 Å². The Morgan fingerprint density at radius 3 is 2.62 bits per heavy atom. The van der Waals surface area contributed by atoms with Gasteiger partial charge < -0.3 is 15.2 Å². The summed E-state index contributed by atoms with van der Waals surface area (Å²) in [5, 5.41) is 13.3. The van der Waals surface area contributed by atoms with E-state index in [4.69, 9.17) is 4.74 Å². The summed E-state index contributed by atoms with van der Waals surface area (Å²) in [4.78, 5) is 16.6. The average molecular weight is 286 g/mol. The molecule has 0 fully saturated rings. The number of aliphatic imine (C=N–C) groups is 1. The molecule has 5 heteroatoms. The van der Waals surface area contributed by atoms with Gasteiger partial charge in [0, 0.05) is 19.4 Å². The third kappa shape index (κ3) is 2.63. The van der Waals surface area contributed by atoms with E-state index >= 15 is 0 Å². The van der Waals surface area contributed by atoms with E-state index in [-0.39, 0.29) is 17.5 Å². The molecule has 0 radical (unpaired) electrons. The molecule has 5 nitrogen and oxygen atoms in total. The lowest BCUT2D eigenvalue weighted by molar-refractivity contribution is -0.116. The van der Waals surface area contributed by atoms with E-state index in [1.807, 2.05) is 24.3 Å². The van der Waals surface area contributed by atoms with E-state index in [1.165, 1.54) is 0 Å². The molecule has 0 spiro atoms. The summed E-state index contributed by atoms with van der Waals surface area (Å²) in [5.41, 5.74) is 1.41. The molecule has 2 N–H and O–H groups in total. The highest BCUT2D eigenvalue weighted by Gasteiger charge is 2.32. The van der Waals surface area contributed by atoms with Gasteiger partial charge in [0.25, 0.3) is 0 Å². The van der Waals surface area contributed by atoms with Crippen molar-refractivity contribution in [3.05, 3.63) is 41.2 Å². The molecule has 0 bridgehead atoms. The normalized spacial score (nSPS) is 22.0. The fourth-order valence-corrected chi connectivity index (χ4v) is 2.84. The molecule has 1 aromatic carbocycles. The Bertz CT molecular complexity index is 617. The minimum absolute atomic E-state index is 0.00848. The van der Waals surface area contributed by atoms with Crippen LogP contribution in [0.4, 0.5) is 0 Å². The number of hydrogen-bond donors (Lipinski definition) is 2. The van der Waals surface area contributed by atoms with Crippen molar-refractivity contribution in [1.29, 1.82) is 0 Å². The Balaban J connectivity index is 1.84. The van der Waals surface area contributed by atoms with Gasteiger partial charge in [-0.25, -0.2) is 0 Å². The first kappa shape index (κ1) is 13.7. The highest BCUT2D eigenvalue weighted by Crippen LogP contribution is 2.34. The van der Waals surface area contributed by atoms with Gasteiger partial charge in [-0.05, 0) is 23.6 Å². The molecule has 110 valence electrons. The predicted octanol–water partition coefficient (Wildman–Crippen LogP) is 1.96. The lowest BCUT2D eigenvalue weighted by Gasteiger charge is -2.24. The zero-order valence-electron chi connectivity index (χ0n) is 11.9. The van der Waals surface area contributed by atoms with Gasteiger partial charge in [-0.2, -0.15) is 0 Å². The Kier molecular flexibility index (Phi) is 3.64. The van der Waals surface area contributed by atoms with Gasteiger partial charge in [0.1, 0.15) is 17.3 Å². The summed E-state index contributed by atoms with van der Waals surface area (Å²) < 4.78 is 5.13. The Hall–Kier alpha value is -2.30. The second-order valence-electron chi connectivity index (χ2n) is 5.28. The van der Waals surface area contributed by atoms with Gasteiger partial charge in [-0.3, -0.25) is 9.79 Å². The van der Waals surface area contributed by atoms with Crippen molar-refractivity contribution in [3.8, 4) is 5.75 Å². The maximum atomic E-state index is 12.3. The highest BCUT2D eigenvalue weighted by atomic mass is 16.5. The van der Waals surface area contributed by atoms with Gasteiger partial charge in [0.15, 0.2) is 5.78 Å². The number of allylic oxidation sites excluding steroid dienone is 1. The molecule has 0 amide bonds. The number of rotatable bonds is 3. The largest absolute Gasteiger partial charge is 0.511 e. The third-order valence-electron chi connectivity index (χ3n) is 3.94. The van der Waals surface area contributed by atoms with Gasteiger partial charge in [0.05, 0.1) is 19.2 Å². The first-order chi connectivity index (χ1) is 10.2. The number of carbonyl (C=O) groups is 1. The molecule has 0 aromatic heterocycles. The van der Waals surface area contributed by atoms with Gasteiger partial charge in [-0.15, -0.1) is 0 Å². The van der Waals surface area contributed by atoms with Crippen molar-refractivity contribution >= 4 is 11.6 Å². The number of nitrogens with zero attached hydrogens (tertiary/aromatic N) is 1. The zero-order valence-corrected chi connectivity index (χ0v) is 11.9. The SMILES string of the molecule is COc1ccc(C2CC(=O)C(C3=NCCN3)=C(O)C2)cc1. The maximum absolute atomic E-state index is 12.3. The Labute approximate surface area is 123 Å². The van der Waals surface area contributed by atoms with E-state index in [9.17, 15) is 9.90 Å². The van der Waals surface area contributed by atoms with Crippen LogP contribution in [0, 0.1) is 0 Å². The minimum atomic E-state index is -0.0484. The molecule has 1 heterocycles. The Morgan fingerprint density at radius 1 is 1.29 bits per heavy atom. The van der Waals surface area contributed by atoms with E-state index in [1.54, 1.807) is 7.11 Å². The standard InChI is InChI=1S/C16H18N2O3/c1-21-12-4-2-10(3-5-12)11-8-13(19)15(14(20)9-11)16-17-6-7-18-16/h2-5,11,19H,6-9H2,1H3,(H,17,18). The number of amidine groups is 1. The molecule has 21 heavy (non-hydrogen) atoms. The van der Waals surface area contributed by atoms with Crippen molar-refractivity contribution in [1.82, 2.24) is 5.32 Å². The lowest BCUT2D eigenvalue weighted by Crippen LogP contribution is -2.30. The van der Waals surface area contributed by atoms with Gasteiger partial charge >= 0.3 is 0 Å². The fraction of sp³-hybridized carbons (Fsp3) is 0.375. The van der Waals surface area contributed by atoms with Crippen LogP contribution in [-0.4, -0.2) is 36.9 Å². The number of nitrogens with one attached hydrogen (secondary N) is 1. The van der Waals surface area contributed by atoms with E-state index in [0.717, 1.165) is 17.9 Å². The van der Waals surface area contributed by atoms with Gasteiger partial charge in [0.2, 0.25) is 0 Å². The van der Waals surface area contributed by atoms with Crippen molar-refractivity contribution in [2.24, 2.45) is 4.99 Å². The smallest absolute Gasteiger partial charge is 0.170 e. The van der Waals surface area contributed by atoms with Gasteiger partial charge in [-0.1, -0.05) is 12.1 Å². The van der Waals surface area contributed by atoms with E-state index in [2.05, 4.69) is 10.3 Å². The summed E-state index contributed by atoms with van der Waals surface area (Å²) in [5.74, 6) is 1.43.